The van der Waals surface area contributed by atoms with E-state index in [1.54, 1.807) is 4.90 Å². The molecule has 1 amide bonds. The summed E-state index contributed by atoms with van der Waals surface area (Å²) in [5, 5.41) is 11.2. The third kappa shape index (κ3) is 4.91. The van der Waals surface area contributed by atoms with Crippen LogP contribution in [0, 0.1) is 5.82 Å². The lowest BCUT2D eigenvalue weighted by Gasteiger charge is -2.34. The highest BCUT2D eigenvalue weighted by Gasteiger charge is 2.36. The van der Waals surface area contributed by atoms with Crippen LogP contribution in [0.1, 0.15) is 18.4 Å². The van der Waals surface area contributed by atoms with E-state index in [9.17, 15) is 14.3 Å². The highest BCUT2D eigenvalue weighted by molar-refractivity contribution is 6.31. The van der Waals surface area contributed by atoms with Crippen LogP contribution >= 0.6 is 11.6 Å². The van der Waals surface area contributed by atoms with E-state index >= 15 is 0 Å². The van der Waals surface area contributed by atoms with Gasteiger partial charge in [-0.25, -0.2) is 4.39 Å². The Bertz CT molecular complexity index is 624. The van der Waals surface area contributed by atoms with Gasteiger partial charge in [-0.15, -0.1) is 0 Å². The molecule has 1 atom stereocenters. The van der Waals surface area contributed by atoms with E-state index in [0.717, 1.165) is 25.9 Å². The SMILES string of the molecule is O=C(Cc1ccc(F)cc1Cl)N1CCOC[C@@](O)(CN2CCCC2)C1. The molecular formula is C18H24ClFN2O3. The number of β-amino-alcohol motifs (C(OH)–C–C–N with tert-alkyl or cyclic N) is 1. The fourth-order valence-electron chi connectivity index (χ4n) is 3.52. The highest BCUT2D eigenvalue weighted by Crippen LogP contribution is 2.21. The van der Waals surface area contributed by atoms with Crippen LogP contribution in [0.2, 0.25) is 5.02 Å². The molecule has 0 unspecified atom stereocenters. The minimum atomic E-state index is -1.07. The number of nitrogens with zero attached hydrogens (tertiary/aromatic N) is 2. The van der Waals surface area contributed by atoms with Crippen LogP contribution in [0.5, 0.6) is 0 Å². The number of carbonyl (C=O) groups excluding carboxylic acids is 1. The van der Waals surface area contributed by atoms with Crippen LogP contribution < -0.4 is 0 Å². The van der Waals surface area contributed by atoms with Gasteiger partial charge in [0.2, 0.25) is 5.91 Å². The molecule has 25 heavy (non-hydrogen) atoms. The van der Waals surface area contributed by atoms with Crippen molar-refractivity contribution in [3.63, 3.8) is 0 Å². The number of hydrogen-bond donors (Lipinski definition) is 1. The van der Waals surface area contributed by atoms with Gasteiger partial charge >= 0.3 is 0 Å². The number of carbonyl (C=O) groups is 1. The average molecular weight is 371 g/mol. The molecule has 1 N–H and O–H groups in total. The summed E-state index contributed by atoms with van der Waals surface area (Å²) in [5.74, 6) is -0.566. The van der Waals surface area contributed by atoms with E-state index in [1.807, 2.05) is 0 Å². The Hall–Kier alpha value is -1.21. The standard InChI is InChI=1S/C18H24ClFN2O3/c19-16-10-15(20)4-3-14(16)9-17(23)22-7-8-25-13-18(24,12-22)11-21-5-1-2-6-21/h3-4,10,24H,1-2,5-9,11-13H2/t18-/m1/s1. The van der Waals surface area contributed by atoms with E-state index in [-0.39, 0.29) is 30.5 Å². The Morgan fingerprint density at radius 2 is 2.08 bits per heavy atom. The fraction of sp³-hybridized carbons (Fsp3) is 0.611. The van der Waals surface area contributed by atoms with Gasteiger partial charge in [-0.3, -0.25) is 4.79 Å². The summed E-state index contributed by atoms with van der Waals surface area (Å²) in [5.41, 5.74) is -0.482. The molecule has 0 radical (unpaired) electrons. The lowest BCUT2D eigenvalue weighted by Crippen LogP contribution is -2.53. The summed E-state index contributed by atoms with van der Waals surface area (Å²) in [6, 6.07) is 4.03. The number of halogens is 2. The van der Waals surface area contributed by atoms with Crippen molar-refractivity contribution in [1.82, 2.24) is 9.80 Å². The molecule has 2 aliphatic heterocycles. The zero-order valence-corrected chi connectivity index (χ0v) is 15.0. The van der Waals surface area contributed by atoms with Gasteiger partial charge in [0.15, 0.2) is 0 Å². The molecular weight excluding hydrogens is 347 g/mol. The summed E-state index contributed by atoms with van der Waals surface area (Å²) < 4.78 is 18.7. The maximum atomic E-state index is 13.2. The van der Waals surface area contributed by atoms with Crippen molar-refractivity contribution in [2.24, 2.45) is 0 Å². The van der Waals surface area contributed by atoms with Crippen molar-refractivity contribution in [2.45, 2.75) is 24.9 Å². The number of rotatable bonds is 4. The Kier molecular flexibility index (Phi) is 5.94. The Morgan fingerprint density at radius 1 is 1.32 bits per heavy atom. The van der Waals surface area contributed by atoms with Crippen molar-refractivity contribution in [3.8, 4) is 0 Å². The number of aliphatic hydroxyl groups is 1. The molecule has 0 aromatic heterocycles. The van der Waals surface area contributed by atoms with Gasteiger partial charge in [0.25, 0.3) is 0 Å². The molecule has 2 heterocycles. The predicted octanol–water partition coefficient (Wildman–Crippen LogP) is 1.71. The molecule has 0 aliphatic carbocycles. The minimum Gasteiger partial charge on any atom is -0.384 e. The monoisotopic (exact) mass is 370 g/mol. The van der Waals surface area contributed by atoms with E-state index in [4.69, 9.17) is 16.3 Å². The number of benzene rings is 1. The second-order valence-corrected chi connectivity index (χ2v) is 7.40. The largest absolute Gasteiger partial charge is 0.384 e. The van der Waals surface area contributed by atoms with Gasteiger partial charge < -0.3 is 19.6 Å². The number of amides is 1. The van der Waals surface area contributed by atoms with Crippen LogP contribution in [-0.2, 0) is 16.0 Å². The molecule has 5 nitrogen and oxygen atoms in total. The first-order valence-corrected chi connectivity index (χ1v) is 9.07. The topological polar surface area (TPSA) is 53.0 Å². The summed E-state index contributed by atoms with van der Waals surface area (Å²) in [7, 11) is 0. The first-order chi connectivity index (χ1) is 12.0. The summed E-state index contributed by atoms with van der Waals surface area (Å²) in [6.07, 6.45) is 2.37. The van der Waals surface area contributed by atoms with Crippen molar-refractivity contribution in [1.29, 1.82) is 0 Å². The molecule has 3 rings (SSSR count). The summed E-state index contributed by atoms with van der Waals surface area (Å²) >= 11 is 6.02. The summed E-state index contributed by atoms with van der Waals surface area (Å²) in [4.78, 5) is 16.5. The number of likely N-dealkylation sites (tertiary alicyclic amines) is 1. The van der Waals surface area contributed by atoms with E-state index in [1.165, 1.54) is 18.2 Å². The molecule has 0 saturated carbocycles. The maximum absolute atomic E-state index is 13.2. The number of ether oxygens (including phenoxy) is 1. The lowest BCUT2D eigenvalue weighted by atomic mass is 10.0. The fourth-order valence-corrected chi connectivity index (χ4v) is 3.76. The number of hydrogen-bond acceptors (Lipinski definition) is 4. The molecule has 7 heteroatoms. The van der Waals surface area contributed by atoms with Gasteiger partial charge in [-0.05, 0) is 43.6 Å². The quantitative estimate of drug-likeness (QED) is 0.876. The molecule has 2 saturated heterocycles. The van der Waals surface area contributed by atoms with Crippen LogP contribution in [0.15, 0.2) is 18.2 Å². The van der Waals surface area contributed by atoms with Gasteiger partial charge in [-0.2, -0.15) is 0 Å². The summed E-state index contributed by atoms with van der Waals surface area (Å²) in [6.45, 7) is 3.74. The highest BCUT2D eigenvalue weighted by atomic mass is 35.5. The van der Waals surface area contributed by atoms with E-state index in [2.05, 4.69) is 4.90 Å². The van der Waals surface area contributed by atoms with Crippen molar-refractivity contribution < 1.29 is 19.0 Å². The van der Waals surface area contributed by atoms with E-state index < -0.39 is 11.4 Å². The molecule has 1 aromatic rings. The second-order valence-electron chi connectivity index (χ2n) is 6.99. The molecule has 2 fully saturated rings. The van der Waals surface area contributed by atoms with Crippen LogP contribution in [0.4, 0.5) is 4.39 Å². The average Bonchev–Trinajstić information content (AvgIpc) is 2.97. The van der Waals surface area contributed by atoms with Crippen LogP contribution in [0.3, 0.4) is 0 Å². The lowest BCUT2D eigenvalue weighted by molar-refractivity contribution is -0.133. The Morgan fingerprint density at radius 3 is 2.80 bits per heavy atom. The maximum Gasteiger partial charge on any atom is 0.227 e. The molecule has 1 aromatic carbocycles. The zero-order chi connectivity index (χ0) is 17.9. The molecule has 2 aliphatic rings. The first kappa shape index (κ1) is 18.6. The second kappa shape index (κ2) is 7.99. The van der Waals surface area contributed by atoms with Gasteiger partial charge in [0, 0.05) is 18.1 Å². The molecule has 0 spiro atoms. The first-order valence-electron chi connectivity index (χ1n) is 8.69. The zero-order valence-electron chi connectivity index (χ0n) is 14.2. The normalized spacial score (nSPS) is 25.2. The van der Waals surface area contributed by atoms with Crippen LogP contribution in [0.25, 0.3) is 0 Å². The Balaban J connectivity index is 1.66. The van der Waals surface area contributed by atoms with Gasteiger partial charge in [-0.1, -0.05) is 17.7 Å². The van der Waals surface area contributed by atoms with Crippen molar-refractivity contribution in [2.75, 3.05) is 45.9 Å². The van der Waals surface area contributed by atoms with Gasteiger partial charge in [0.05, 0.1) is 26.2 Å². The Labute approximate surface area is 152 Å². The third-order valence-corrected chi connectivity index (χ3v) is 5.14. The molecule has 0 bridgehead atoms. The smallest absolute Gasteiger partial charge is 0.227 e. The van der Waals surface area contributed by atoms with Crippen molar-refractivity contribution >= 4 is 17.5 Å². The van der Waals surface area contributed by atoms with E-state index in [0.29, 0.717) is 25.3 Å². The van der Waals surface area contributed by atoms with Crippen LogP contribution in [-0.4, -0.2) is 72.4 Å². The predicted molar refractivity (Wildman–Crippen MR) is 93.1 cm³/mol. The van der Waals surface area contributed by atoms with Crippen molar-refractivity contribution in [3.05, 3.63) is 34.6 Å². The third-order valence-electron chi connectivity index (χ3n) is 4.79. The van der Waals surface area contributed by atoms with Gasteiger partial charge in [0.1, 0.15) is 11.4 Å². The molecule has 138 valence electrons. The minimum absolute atomic E-state index is 0.0822.